The highest BCUT2D eigenvalue weighted by molar-refractivity contribution is 5.29. The highest BCUT2D eigenvalue weighted by Crippen LogP contribution is 2.28. The quantitative estimate of drug-likeness (QED) is 0.812. The second kappa shape index (κ2) is 5.32. The van der Waals surface area contributed by atoms with E-state index in [0.29, 0.717) is 6.04 Å². The molecule has 1 aromatic rings. The van der Waals surface area contributed by atoms with E-state index in [1.165, 1.54) is 24.9 Å². The molecule has 2 saturated heterocycles. The lowest BCUT2D eigenvalue weighted by atomic mass is 10.0. The Hall–Kier alpha value is -1.37. The maximum absolute atomic E-state index is 9.56. The van der Waals surface area contributed by atoms with Crippen molar-refractivity contribution in [2.24, 2.45) is 0 Å². The van der Waals surface area contributed by atoms with E-state index in [1.54, 1.807) is 0 Å². The minimum absolute atomic E-state index is 0.0809. The van der Waals surface area contributed by atoms with E-state index < -0.39 is 0 Å². The Labute approximate surface area is 115 Å². The second-order valence-electron chi connectivity index (χ2n) is 5.77. The summed E-state index contributed by atoms with van der Waals surface area (Å²) in [5.74, 6) is 0. The standard InChI is InChI=1S/C16H21N3/c1-13-4-2-5-14(10-13)16(11-17)19-9-8-18-7-3-6-15(18)12-19/h2,4-5,10,15-16H,3,6-9,12H2,1H3/t15-,16?/m1/s1. The van der Waals surface area contributed by atoms with Crippen LogP contribution in [0.25, 0.3) is 0 Å². The van der Waals surface area contributed by atoms with Crippen molar-refractivity contribution in [2.45, 2.75) is 31.8 Å². The molecule has 2 aliphatic rings. The molecule has 0 aromatic heterocycles. The third-order valence-corrected chi connectivity index (χ3v) is 4.46. The van der Waals surface area contributed by atoms with Crippen molar-refractivity contribution in [3.8, 4) is 6.07 Å². The molecule has 0 radical (unpaired) electrons. The van der Waals surface area contributed by atoms with E-state index in [0.717, 1.165) is 25.2 Å². The van der Waals surface area contributed by atoms with Crippen LogP contribution in [0, 0.1) is 18.3 Å². The molecule has 3 nitrogen and oxygen atoms in total. The summed E-state index contributed by atoms with van der Waals surface area (Å²) in [5, 5.41) is 9.56. The van der Waals surface area contributed by atoms with Crippen LogP contribution in [0.15, 0.2) is 24.3 Å². The van der Waals surface area contributed by atoms with Crippen molar-refractivity contribution in [1.29, 1.82) is 5.26 Å². The topological polar surface area (TPSA) is 30.3 Å². The molecule has 2 heterocycles. The lowest BCUT2D eigenvalue weighted by molar-refractivity contribution is 0.0876. The van der Waals surface area contributed by atoms with Crippen LogP contribution < -0.4 is 0 Å². The van der Waals surface area contributed by atoms with Crippen molar-refractivity contribution >= 4 is 0 Å². The molecule has 0 spiro atoms. The van der Waals surface area contributed by atoms with E-state index in [-0.39, 0.29) is 6.04 Å². The van der Waals surface area contributed by atoms with Gasteiger partial charge >= 0.3 is 0 Å². The van der Waals surface area contributed by atoms with Crippen molar-refractivity contribution in [2.75, 3.05) is 26.2 Å². The normalized spacial score (nSPS) is 25.8. The lowest BCUT2D eigenvalue weighted by Crippen LogP contribution is -2.50. The number of aryl methyl sites for hydroxylation is 1. The molecule has 3 rings (SSSR count). The van der Waals surface area contributed by atoms with E-state index in [2.05, 4.69) is 47.1 Å². The molecule has 0 aliphatic carbocycles. The smallest absolute Gasteiger partial charge is 0.123 e. The van der Waals surface area contributed by atoms with Crippen LogP contribution in [0.1, 0.15) is 30.0 Å². The number of nitrogens with zero attached hydrogens (tertiary/aromatic N) is 3. The molecule has 0 amide bonds. The predicted molar refractivity (Wildman–Crippen MR) is 75.7 cm³/mol. The molecule has 19 heavy (non-hydrogen) atoms. The largest absolute Gasteiger partial charge is 0.298 e. The first-order chi connectivity index (χ1) is 9.28. The van der Waals surface area contributed by atoms with Gasteiger partial charge in [-0.2, -0.15) is 5.26 Å². The Morgan fingerprint density at radius 1 is 1.32 bits per heavy atom. The van der Waals surface area contributed by atoms with Crippen molar-refractivity contribution in [3.05, 3.63) is 35.4 Å². The molecule has 0 N–H and O–H groups in total. The summed E-state index contributed by atoms with van der Waals surface area (Å²) in [6.45, 7) is 6.52. The molecule has 3 heteroatoms. The second-order valence-corrected chi connectivity index (χ2v) is 5.77. The van der Waals surface area contributed by atoms with E-state index in [4.69, 9.17) is 0 Å². The zero-order chi connectivity index (χ0) is 13.2. The number of fused-ring (bicyclic) bond motifs is 1. The number of piperazine rings is 1. The van der Waals surface area contributed by atoms with Gasteiger partial charge in [-0.3, -0.25) is 9.80 Å². The monoisotopic (exact) mass is 255 g/mol. The number of rotatable bonds is 2. The fourth-order valence-electron chi connectivity index (χ4n) is 3.46. The summed E-state index contributed by atoms with van der Waals surface area (Å²) < 4.78 is 0. The predicted octanol–water partition coefficient (Wildman–Crippen LogP) is 2.34. The summed E-state index contributed by atoms with van der Waals surface area (Å²) in [5.41, 5.74) is 2.38. The van der Waals surface area contributed by atoms with Gasteiger partial charge < -0.3 is 0 Å². The van der Waals surface area contributed by atoms with E-state index in [1.807, 2.05) is 0 Å². The molecule has 0 saturated carbocycles. The van der Waals surface area contributed by atoms with Gasteiger partial charge in [0.25, 0.3) is 0 Å². The number of nitriles is 1. The number of benzene rings is 1. The molecule has 2 aliphatic heterocycles. The van der Waals surface area contributed by atoms with Crippen molar-refractivity contribution < 1.29 is 0 Å². The van der Waals surface area contributed by atoms with Crippen molar-refractivity contribution in [1.82, 2.24) is 9.80 Å². The maximum atomic E-state index is 9.56. The van der Waals surface area contributed by atoms with Crippen LogP contribution in [0.5, 0.6) is 0 Å². The molecule has 1 unspecified atom stereocenters. The highest BCUT2D eigenvalue weighted by atomic mass is 15.3. The van der Waals surface area contributed by atoms with E-state index in [9.17, 15) is 5.26 Å². The maximum Gasteiger partial charge on any atom is 0.123 e. The highest BCUT2D eigenvalue weighted by Gasteiger charge is 2.33. The van der Waals surface area contributed by atoms with Crippen LogP contribution in [0.4, 0.5) is 0 Å². The van der Waals surface area contributed by atoms with E-state index >= 15 is 0 Å². The third kappa shape index (κ3) is 2.51. The lowest BCUT2D eigenvalue weighted by Gasteiger charge is -2.39. The molecule has 100 valence electrons. The first kappa shape index (κ1) is 12.7. The third-order valence-electron chi connectivity index (χ3n) is 4.46. The van der Waals surface area contributed by atoms with Crippen LogP contribution in [0.2, 0.25) is 0 Å². The Kier molecular flexibility index (Phi) is 3.54. The Bertz CT molecular complexity index is 491. The van der Waals surface area contributed by atoms with Crippen LogP contribution in [-0.2, 0) is 0 Å². The summed E-state index contributed by atoms with van der Waals surface area (Å²) in [4.78, 5) is 4.95. The van der Waals surface area contributed by atoms with Gasteiger partial charge in [0.15, 0.2) is 0 Å². The molecule has 1 aromatic carbocycles. The fourth-order valence-corrected chi connectivity index (χ4v) is 3.46. The zero-order valence-corrected chi connectivity index (χ0v) is 11.5. The Balaban J connectivity index is 1.78. The zero-order valence-electron chi connectivity index (χ0n) is 11.5. The van der Waals surface area contributed by atoms with Gasteiger partial charge in [0.05, 0.1) is 6.07 Å². The first-order valence-corrected chi connectivity index (χ1v) is 7.22. The van der Waals surface area contributed by atoms with Gasteiger partial charge in [-0.05, 0) is 31.9 Å². The van der Waals surface area contributed by atoms with Crippen LogP contribution in [0.3, 0.4) is 0 Å². The summed E-state index contributed by atoms with van der Waals surface area (Å²) >= 11 is 0. The van der Waals surface area contributed by atoms with Gasteiger partial charge in [0.1, 0.15) is 6.04 Å². The summed E-state index contributed by atoms with van der Waals surface area (Å²) in [6, 6.07) is 11.5. The van der Waals surface area contributed by atoms with Gasteiger partial charge in [-0.15, -0.1) is 0 Å². The SMILES string of the molecule is Cc1cccc(C(C#N)N2CCN3CCC[C@@H]3C2)c1. The Morgan fingerprint density at radius 2 is 2.21 bits per heavy atom. The van der Waals surface area contributed by atoms with Crippen LogP contribution in [-0.4, -0.2) is 42.0 Å². The van der Waals surface area contributed by atoms with Gasteiger partial charge in [-0.25, -0.2) is 0 Å². The first-order valence-electron chi connectivity index (χ1n) is 7.22. The van der Waals surface area contributed by atoms with Gasteiger partial charge in [0.2, 0.25) is 0 Å². The molecule has 0 bridgehead atoms. The molecule has 2 fully saturated rings. The average Bonchev–Trinajstić information content (AvgIpc) is 2.87. The fraction of sp³-hybridized carbons (Fsp3) is 0.562. The van der Waals surface area contributed by atoms with Crippen LogP contribution >= 0.6 is 0 Å². The number of hydrogen-bond donors (Lipinski definition) is 0. The minimum atomic E-state index is -0.0809. The molecular weight excluding hydrogens is 234 g/mol. The summed E-state index contributed by atoms with van der Waals surface area (Å²) in [7, 11) is 0. The minimum Gasteiger partial charge on any atom is -0.298 e. The average molecular weight is 255 g/mol. The van der Waals surface area contributed by atoms with Gasteiger partial charge in [0, 0.05) is 25.7 Å². The Morgan fingerprint density at radius 3 is 3.00 bits per heavy atom. The number of hydrogen-bond acceptors (Lipinski definition) is 3. The molecular formula is C16H21N3. The molecule has 2 atom stereocenters. The van der Waals surface area contributed by atoms with Gasteiger partial charge in [-0.1, -0.05) is 29.8 Å². The van der Waals surface area contributed by atoms with Crippen molar-refractivity contribution in [3.63, 3.8) is 0 Å². The summed E-state index contributed by atoms with van der Waals surface area (Å²) in [6.07, 6.45) is 2.61.